The van der Waals surface area contributed by atoms with Crippen LogP contribution in [-0.4, -0.2) is 32.1 Å². The number of hydrogen-bond donors (Lipinski definition) is 2. The van der Waals surface area contributed by atoms with E-state index in [4.69, 9.17) is 4.74 Å². The van der Waals surface area contributed by atoms with Gasteiger partial charge in [-0.25, -0.2) is 0 Å². The lowest BCUT2D eigenvalue weighted by molar-refractivity contribution is 0.112. The van der Waals surface area contributed by atoms with Crippen molar-refractivity contribution in [2.24, 2.45) is 0 Å². The molecule has 1 aromatic rings. The summed E-state index contributed by atoms with van der Waals surface area (Å²) in [5, 5.41) is 12.8. The maximum atomic E-state index is 10.9. The highest BCUT2D eigenvalue weighted by atomic mass is 16.5. The standard InChI is InChI=1S/C13H17NO3/c1-14-8-4-3-5-10-6-7-12(17-2)13(16)11(10)9-15/h3,5-7,9,14,16H,4,8H2,1-2H3. The minimum absolute atomic E-state index is 0.113. The Labute approximate surface area is 101 Å². The van der Waals surface area contributed by atoms with Crippen molar-refractivity contribution in [1.82, 2.24) is 5.32 Å². The molecule has 0 fully saturated rings. The van der Waals surface area contributed by atoms with Crippen molar-refractivity contribution < 1.29 is 14.6 Å². The van der Waals surface area contributed by atoms with Gasteiger partial charge < -0.3 is 15.2 Å². The van der Waals surface area contributed by atoms with Gasteiger partial charge in [0.1, 0.15) is 0 Å². The Morgan fingerprint density at radius 2 is 2.24 bits per heavy atom. The largest absolute Gasteiger partial charge is 0.504 e. The number of aromatic hydroxyl groups is 1. The molecule has 0 saturated heterocycles. The predicted octanol–water partition coefficient (Wildman–Crippen LogP) is 1.84. The number of methoxy groups -OCH3 is 1. The highest BCUT2D eigenvalue weighted by Gasteiger charge is 2.10. The molecule has 0 amide bonds. The van der Waals surface area contributed by atoms with Crippen LogP contribution < -0.4 is 10.1 Å². The van der Waals surface area contributed by atoms with E-state index in [1.807, 2.05) is 19.2 Å². The third-order valence-electron chi connectivity index (χ3n) is 2.41. The number of carbonyl (C=O) groups excluding carboxylic acids is 1. The van der Waals surface area contributed by atoms with E-state index in [2.05, 4.69) is 5.32 Å². The summed E-state index contributed by atoms with van der Waals surface area (Å²) in [6.07, 6.45) is 5.27. The normalized spacial score (nSPS) is 10.7. The number of phenolic OH excluding ortho intramolecular Hbond substituents is 1. The lowest BCUT2D eigenvalue weighted by Gasteiger charge is -2.07. The molecule has 0 atom stereocenters. The molecule has 0 saturated carbocycles. The fourth-order valence-electron chi connectivity index (χ4n) is 1.48. The van der Waals surface area contributed by atoms with Crippen molar-refractivity contribution in [2.45, 2.75) is 6.42 Å². The molecule has 0 aliphatic carbocycles. The van der Waals surface area contributed by atoms with Crippen LogP contribution in [0, 0.1) is 0 Å². The quantitative estimate of drug-likeness (QED) is 0.583. The number of phenols is 1. The van der Waals surface area contributed by atoms with Crippen molar-refractivity contribution >= 4 is 12.4 Å². The summed E-state index contributed by atoms with van der Waals surface area (Å²) in [4.78, 5) is 10.9. The van der Waals surface area contributed by atoms with Gasteiger partial charge in [0.15, 0.2) is 17.8 Å². The van der Waals surface area contributed by atoms with Crippen LogP contribution in [0.3, 0.4) is 0 Å². The van der Waals surface area contributed by atoms with Gasteiger partial charge in [-0.15, -0.1) is 0 Å². The second-order valence-corrected chi connectivity index (χ2v) is 3.53. The maximum absolute atomic E-state index is 10.9. The molecular formula is C13H17NO3. The Morgan fingerprint density at radius 3 is 2.82 bits per heavy atom. The second kappa shape index (κ2) is 6.70. The molecule has 17 heavy (non-hydrogen) atoms. The number of ether oxygens (including phenoxy) is 1. The first-order chi connectivity index (χ1) is 8.24. The summed E-state index contributed by atoms with van der Waals surface area (Å²) in [5.74, 6) is 0.192. The zero-order valence-corrected chi connectivity index (χ0v) is 10.1. The molecule has 2 N–H and O–H groups in total. The minimum atomic E-state index is -0.113. The third kappa shape index (κ3) is 3.32. The SMILES string of the molecule is CNCCC=Cc1ccc(OC)c(O)c1C=O. The van der Waals surface area contributed by atoms with Gasteiger partial charge in [-0.3, -0.25) is 4.79 Å². The van der Waals surface area contributed by atoms with Crippen molar-refractivity contribution in [3.05, 3.63) is 29.3 Å². The number of aldehydes is 1. The van der Waals surface area contributed by atoms with Gasteiger partial charge in [0.2, 0.25) is 0 Å². The van der Waals surface area contributed by atoms with Crippen LogP contribution in [0.1, 0.15) is 22.3 Å². The summed E-state index contributed by atoms with van der Waals surface area (Å²) in [6.45, 7) is 0.870. The molecule has 1 aromatic carbocycles. The van der Waals surface area contributed by atoms with Gasteiger partial charge in [0.25, 0.3) is 0 Å². The second-order valence-electron chi connectivity index (χ2n) is 3.53. The highest BCUT2D eigenvalue weighted by Crippen LogP contribution is 2.31. The van der Waals surface area contributed by atoms with E-state index in [9.17, 15) is 9.90 Å². The van der Waals surface area contributed by atoms with E-state index in [0.717, 1.165) is 13.0 Å². The molecule has 0 heterocycles. The topological polar surface area (TPSA) is 58.6 Å². The van der Waals surface area contributed by atoms with Crippen LogP contribution in [0.15, 0.2) is 18.2 Å². The van der Waals surface area contributed by atoms with E-state index < -0.39 is 0 Å². The lowest BCUT2D eigenvalue weighted by Crippen LogP contribution is -2.05. The minimum Gasteiger partial charge on any atom is -0.504 e. The summed E-state index contributed by atoms with van der Waals surface area (Å²) in [7, 11) is 3.33. The van der Waals surface area contributed by atoms with E-state index >= 15 is 0 Å². The summed E-state index contributed by atoms with van der Waals surface area (Å²) in [5.41, 5.74) is 0.944. The zero-order chi connectivity index (χ0) is 12.7. The van der Waals surface area contributed by atoms with Crippen LogP contribution >= 0.6 is 0 Å². The zero-order valence-electron chi connectivity index (χ0n) is 10.1. The molecule has 4 nitrogen and oxygen atoms in total. The summed E-state index contributed by atoms with van der Waals surface area (Å²) < 4.78 is 4.94. The van der Waals surface area contributed by atoms with Gasteiger partial charge >= 0.3 is 0 Å². The molecule has 0 radical (unpaired) electrons. The molecule has 0 spiro atoms. The first-order valence-electron chi connectivity index (χ1n) is 5.40. The van der Waals surface area contributed by atoms with E-state index in [-0.39, 0.29) is 11.3 Å². The van der Waals surface area contributed by atoms with Crippen LogP contribution in [-0.2, 0) is 0 Å². The summed E-state index contributed by atoms with van der Waals surface area (Å²) in [6, 6.07) is 3.39. The van der Waals surface area contributed by atoms with Gasteiger partial charge in [-0.1, -0.05) is 18.2 Å². The van der Waals surface area contributed by atoms with Gasteiger partial charge in [-0.05, 0) is 31.6 Å². The van der Waals surface area contributed by atoms with Gasteiger partial charge in [0.05, 0.1) is 12.7 Å². The average molecular weight is 235 g/mol. The number of hydrogen-bond acceptors (Lipinski definition) is 4. The van der Waals surface area contributed by atoms with Crippen LogP contribution in [0.25, 0.3) is 6.08 Å². The highest BCUT2D eigenvalue weighted by molar-refractivity contribution is 5.87. The number of nitrogens with one attached hydrogen (secondary N) is 1. The lowest BCUT2D eigenvalue weighted by atomic mass is 10.1. The predicted molar refractivity (Wildman–Crippen MR) is 67.6 cm³/mol. The Bertz CT molecular complexity index is 413. The Balaban J connectivity index is 2.96. The van der Waals surface area contributed by atoms with Gasteiger partial charge in [0, 0.05) is 0 Å². The summed E-state index contributed by atoms with van der Waals surface area (Å²) >= 11 is 0. The number of rotatable bonds is 6. The molecule has 92 valence electrons. The van der Waals surface area contributed by atoms with Crippen LogP contribution in [0.4, 0.5) is 0 Å². The van der Waals surface area contributed by atoms with Crippen LogP contribution in [0.5, 0.6) is 11.5 Å². The third-order valence-corrected chi connectivity index (χ3v) is 2.41. The first kappa shape index (κ1) is 13.3. The molecule has 4 heteroatoms. The molecule has 0 aromatic heterocycles. The molecule has 0 unspecified atom stereocenters. The molecule has 1 rings (SSSR count). The Hall–Kier alpha value is -1.81. The Kier molecular flexibility index (Phi) is 5.23. The monoisotopic (exact) mass is 235 g/mol. The fraction of sp³-hybridized carbons (Fsp3) is 0.308. The van der Waals surface area contributed by atoms with Crippen molar-refractivity contribution in [3.8, 4) is 11.5 Å². The van der Waals surface area contributed by atoms with Crippen molar-refractivity contribution in [3.63, 3.8) is 0 Å². The maximum Gasteiger partial charge on any atom is 0.168 e. The first-order valence-corrected chi connectivity index (χ1v) is 5.40. The van der Waals surface area contributed by atoms with Gasteiger partial charge in [-0.2, -0.15) is 0 Å². The smallest absolute Gasteiger partial charge is 0.168 e. The molecule has 0 aliphatic rings. The molecule has 0 bridgehead atoms. The number of carbonyl (C=O) groups is 1. The van der Waals surface area contributed by atoms with Crippen molar-refractivity contribution in [2.75, 3.05) is 20.7 Å². The van der Waals surface area contributed by atoms with E-state index in [1.165, 1.54) is 7.11 Å². The number of benzene rings is 1. The Morgan fingerprint density at radius 1 is 1.47 bits per heavy atom. The van der Waals surface area contributed by atoms with Crippen molar-refractivity contribution in [1.29, 1.82) is 0 Å². The molecule has 0 aliphatic heterocycles. The average Bonchev–Trinajstić information content (AvgIpc) is 2.35. The fourth-order valence-corrected chi connectivity index (χ4v) is 1.48. The van der Waals surface area contributed by atoms with Crippen LogP contribution in [0.2, 0.25) is 0 Å². The van der Waals surface area contributed by atoms with E-state index in [1.54, 1.807) is 12.1 Å². The molecular weight excluding hydrogens is 218 g/mol. The van der Waals surface area contributed by atoms with E-state index in [0.29, 0.717) is 17.6 Å².